The average Bonchev–Trinajstić information content (AvgIpc) is 2.83. The van der Waals surface area contributed by atoms with Gasteiger partial charge in [-0.25, -0.2) is 9.97 Å². The number of hydrogen-bond donors (Lipinski definition) is 1. The Morgan fingerprint density at radius 3 is 3.00 bits per heavy atom. The van der Waals surface area contributed by atoms with Crippen molar-refractivity contribution in [3.05, 3.63) is 30.2 Å². The maximum Gasteiger partial charge on any atom is 0.226 e. The summed E-state index contributed by atoms with van der Waals surface area (Å²) >= 11 is 0. The molecule has 5 nitrogen and oxygen atoms in total. The Morgan fingerprint density at radius 2 is 2.30 bits per heavy atom. The number of aromatic nitrogens is 3. The lowest BCUT2D eigenvalue weighted by Gasteiger charge is -2.12. The lowest BCUT2D eigenvalue weighted by atomic mass is 10.1. The molecule has 2 aromatic rings. The van der Waals surface area contributed by atoms with Gasteiger partial charge in [-0.05, 0) is 38.3 Å². The van der Waals surface area contributed by atoms with Gasteiger partial charge in [0.15, 0.2) is 5.78 Å². The topological polar surface area (TPSA) is 67.9 Å². The van der Waals surface area contributed by atoms with E-state index in [1.807, 2.05) is 19.2 Å². The van der Waals surface area contributed by atoms with E-state index >= 15 is 0 Å². The fraction of sp³-hybridized carbons (Fsp3) is 0.400. The third-order valence-electron chi connectivity index (χ3n) is 3.09. The number of hydrogen-bond acceptors (Lipinski definition) is 4. The number of rotatable bonds is 6. The Kier molecular flexibility index (Phi) is 4.50. The second-order valence-electron chi connectivity index (χ2n) is 4.77. The molecule has 5 heteroatoms. The van der Waals surface area contributed by atoms with E-state index < -0.39 is 0 Å². The predicted molar refractivity (Wildman–Crippen MR) is 77.8 cm³/mol. The van der Waals surface area contributed by atoms with Crippen molar-refractivity contribution in [2.45, 2.75) is 39.7 Å². The maximum absolute atomic E-state index is 10.9. The second kappa shape index (κ2) is 6.32. The van der Waals surface area contributed by atoms with Crippen LogP contribution in [0.3, 0.4) is 0 Å². The molecule has 0 amide bonds. The highest BCUT2D eigenvalue weighted by atomic mass is 16.5. The molecule has 0 aromatic carbocycles. The molecule has 0 bridgehead atoms. The van der Waals surface area contributed by atoms with Gasteiger partial charge < -0.3 is 9.72 Å². The number of nitrogens with zero attached hydrogens (tertiary/aromatic N) is 2. The monoisotopic (exact) mass is 273 g/mol. The van der Waals surface area contributed by atoms with E-state index in [1.54, 1.807) is 6.08 Å². The fourth-order valence-corrected chi connectivity index (χ4v) is 1.87. The van der Waals surface area contributed by atoms with Gasteiger partial charge in [0.05, 0.1) is 11.5 Å². The van der Waals surface area contributed by atoms with E-state index in [-0.39, 0.29) is 11.9 Å². The van der Waals surface area contributed by atoms with Gasteiger partial charge in [-0.1, -0.05) is 13.0 Å². The van der Waals surface area contributed by atoms with Gasteiger partial charge in [-0.2, -0.15) is 0 Å². The molecule has 2 aromatic heterocycles. The minimum absolute atomic E-state index is 0.0390. The summed E-state index contributed by atoms with van der Waals surface area (Å²) in [6, 6.07) is 0. The smallest absolute Gasteiger partial charge is 0.226 e. The van der Waals surface area contributed by atoms with Crippen LogP contribution in [0.2, 0.25) is 0 Å². The summed E-state index contributed by atoms with van der Waals surface area (Å²) in [6.45, 7) is 5.61. The Morgan fingerprint density at radius 1 is 1.50 bits per heavy atom. The molecule has 0 saturated heterocycles. The van der Waals surface area contributed by atoms with Crippen molar-refractivity contribution in [1.82, 2.24) is 15.0 Å². The lowest BCUT2D eigenvalue weighted by Crippen LogP contribution is -2.11. The number of allylic oxidation sites excluding steroid dienone is 2. The highest BCUT2D eigenvalue weighted by Gasteiger charge is 2.13. The SMILES string of the molecule is CCC(C)Oc1ncnc2[nH]cc(CC=CC(C)=O)c12. The molecule has 0 fully saturated rings. The van der Waals surface area contributed by atoms with Crippen molar-refractivity contribution in [2.24, 2.45) is 0 Å². The first-order valence-electron chi connectivity index (χ1n) is 6.76. The maximum atomic E-state index is 10.9. The summed E-state index contributed by atoms with van der Waals surface area (Å²) < 4.78 is 5.84. The lowest BCUT2D eigenvalue weighted by molar-refractivity contribution is -0.112. The Balaban J connectivity index is 2.33. The van der Waals surface area contributed by atoms with Crippen LogP contribution in [-0.4, -0.2) is 26.8 Å². The van der Waals surface area contributed by atoms with Crippen LogP contribution in [-0.2, 0) is 11.2 Å². The van der Waals surface area contributed by atoms with Gasteiger partial charge in [-0.3, -0.25) is 4.79 Å². The Hall–Kier alpha value is -2.17. The minimum Gasteiger partial charge on any atom is -0.474 e. The molecule has 2 rings (SSSR count). The summed E-state index contributed by atoms with van der Waals surface area (Å²) in [5.41, 5.74) is 1.78. The number of ether oxygens (including phenoxy) is 1. The highest BCUT2D eigenvalue weighted by molar-refractivity contribution is 5.88. The molecule has 2 heterocycles. The van der Waals surface area contributed by atoms with Crippen LogP contribution in [0.15, 0.2) is 24.7 Å². The van der Waals surface area contributed by atoms with Gasteiger partial charge in [0.25, 0.3) is 0 Å². The molecular formula is C15H19N3O2. The van der Waals surface area contributed by atoms with Crippen molar-refractivity contribution < 1.29 is 9.53 Å². The summed E-state index contributed by atoms with van der Waals surface area (Å²) in [7, 11) is 0. The zero-order chi connectivity index (χ0) is 14.5. The van der Waals surface area contributed by atoms with Crippen LogP contribution >= 0.6 is 0 Å². The molecule has 0 aliphatic rings. The quantitative estimate of drug-likeness (QED) is 0.822. The van der Waals surface area contributed by atoms with Crippen LogP contribution in [0.4, 0.5) is 0 Å². The normalized spacial score (nSPS) is 12.9. The predicted octanol–water partition coefficient (Wildman–Crippen LogP) is 2.82. The van der Waals surface area contributed by atoms with Crippen LogP contribution in [0.5, 0.6) is 5.88 Å². The number of carbonyl (C=O) groups is 1. The fourth-order valence-electron chi connectivity index (χ4n) is 1.87. The Bertz CT molecular complexity index is 631. The number of carbonyl (C=O) groups excluding carboxylic acids is 1. The Labute approximate surface area is 118 Å². The zero-order valence-electron chi connectivity index (χ0n) is 12.0. The summed E-state index contributed by atoms with van der Waals surface area (Å²) in [5, 5.41) is 0.890. The van der Waals surface area contributed by atoms with Crippen LogP contribution in [0.25, 0.3) is 11.0 Å². The summed E-state index contributed by atoms with van der Waals surface area (Å²) in [4.78, 5) is 22.5. The van der Waals surface area contributed by atoms with E-state index in [1.165, 1.54) is 13.3 Å². The van der Waals surface area contributed by atoms with Crippen molar-refractivity contribution >= 4 is 16.8 Å². The van der Waals surface area contributed by atoms with E-state index in [9.17, 15) is 4.79 Å². The molecule has 20 heavy (non-hydrogen) atoms. The van der Waals surface area contributed by atoms with Crippen LogP contribution < -0.4 is 4.74 Å². The number of nitrogens with one attached hydrogen (secondary N) is 1. The van der Waals surface area contributed by atoms with Crippen LogP contribution in [0, 0.1) is 0 Å². The first kappa shape index (κ1) is 14.2. The van der Waals surface area contributed by atoms with Gasteiger partial charge in [0, 0.05) is 6.20 Å². The van der Waals surface area contributed by atoms with E-state index in [4.69, 9.17) is 4.74 Å². The molecule has 1 atom stereocenters. The number of ketones is 1. The molecule has 0 saturated carbocycles. The van der Waals surface area contributed by atoms with Crippen molar-refractivity contribution in [2.75, 3.05) is 0 Å². The second-order valence-corrected chi connectivity index (χ2v) is 4.77. The number of H-pyrrole nitrogens is 1. The third kappa shape index (κ3) is 3.23. The van der Waals surface area contributed by atoms with E-state index in [0.717, 1.165) is 23.0 Å². The molecule has 1 unspecified atom stereocenters. The largest absolute Gasteiger partial charge is 0.474 e. The average molecular weight is 273 g/mol. The van der Waals surface area contributed by atoms with Gasteiger partial charge in [0.2, 0.25) is 5.88 Å². The zero-order valence-corrected chi connectivity index (χ0v) is 12.0. The standard InChI is InChI=1S/C15H19N3O2/c1-4-11(3)20-15-13-12(7-5-6-10(2)19)8-16-14(13)17-9-18-15/h5-6,8-9,11H,4,7H2,1-3H3,(H,16,17,18). The third-order valence-corrected chi connectivity index (χ3v) is 3.09. The summed E-state index contributed by atoms with van der Waals surface area (Å²) in [5.74, 6) is 0.633. The molecule has 0 spiro atoms. The molecule has 0 aliphatic carbocycles. The van der Waals surface area contributed by atoms with E-state index in [2.05, 4.69) is 21.9 Å². The molecule has 0 radical (unpaired) electrons. The first-order valence-corrected chi connectivity index (χ1v) is 6.76. The minimum atomic E-state index is 0.0390. The van der Waals surface area contributed by atoms with Gasteiger partial charge >= 0.3 is 0 Å². The molecular weight excluding hydrogens is 254 g/mol. The number of aromatic amines is 1. The molecule has 0 aliphatic heterocycles. The van der Waals surface area contributed by atoms with Crippen molar-refractivity contribution in [3.8, 4) is 5.88 Å². The van der Waals surface area contributed by atoms with E-state index in [0.29, 0.717) is 12.3 Å². The highest BCUT2D eigenvalue weighted by Crippen LogP contribution is 2.26. The van der Waals surface area contributed by atoms with Gasteiger partial charge in [-0.15, -0.1) is 0 Å². The summed E-state index contributed by atoms with van der Waals surface area (Å²) in [6.07, 6.45) is 8.44. The number of fused-ring (bicyclic) bond motifs is 1. The van der Waals surface area contributed by atoms with Crippen LogP contribution in [0.1, 0.15) is 32.8 Å². The molecule has 106 valence electrons. The van der Waals surface area contributed by atoms with Crippen molar-refractivity contribution in [3.63, 3.8) is 0 Å². The van der Waals surface area contributed by atoms with Crippen molar-refractivity contribution in [1.29, 1.82) is 0 Å². The van der Waals surface area contributed by atoms with Gasteiger partial charge in [0.1, 0.15) is 12.0 Å². The first-order chi connectivity index (χ1) is 9.61. The molecule has 1 N–H and O–H groups in total.